The van der Waals surface area contributed by atoms with Crippen molar-refractivity contribution in [2.45, 2.75) is 33.1 Å². The Morgan fingerprint density at radius 2 is 1.84 bits per heavy atom. The van der Waals surface area contributed by atoms with Crippen molar-refractivity contribution in [3.05, 3.63) is 49.9 Å². The number of piperidine rings is 1. The molecule has 2 aromatic rings. The highest BCUT2D eigenvalue weighted by Gasteiger charge is 2.24. The molecule has 2 aromatic heterocycles. The van der Waals surface area contributed by atoms with Crippen molar-refractivity contribution in [2.75, 3.05) is 19.6 Å². The molecule has 0 aliphatic carbocycles. The lowest BCUT2D eigenvalue weighted by atomic mass is 9.95. The standard InChI is InChI=1S/C20H25NO2S2/c1-14-10-24-12-18(14)17(19-13-25-11-15(19)2)6-4-8-21-7-3-5-16(9-21)20(22)23/h6,10-13,16H,3-5,7-9H2,1-2H3,(H,22,23). The molecule has 0 radical (unpaired) electrons. The minimum atomic E-state index is -0.649. The van der Waals surface area contributed by atoms with E-state index in [0.717, 1.165) is 32.4 Å². The molecule has 1 fully saturated rings. The van der Waals surface area contributed by atoms with E-state index in [1.807, 2.05) is 0 Å². The first-order valence-corrected chi connectivity index (χ1v) is 10.7. The van der Waals surface area contributed by atoms with E-state index in [1.165, 1.54) is 27.8 Å². The lowest BCUT2D eigenvalue weighted by Gasteiger charge is -2.30. The van der Waals surface area contributed by atoms with Gasteiger partial charge in [-0.25, -0.2) is 0 Å². The van der Waals surface area contributed by atoms with Gasteiger partial charge in [-0.05, 0) is 89.0 Å². The van der Waals surface area contributed by atoms with Gasteiger partial charge >= 0.3 is 5.97 Å². The Morgan fingerprint density at radius 3 is 2.36 bits per heavy atom. The van der Waals surface area contributed by atoms with Gasteiger partial charge in [0.25, 0.3) is 0 Å². The Balaban J connectivity index is 1.73. The summed E-state index contributed by atoms with van der Waals surface area (Å²) in [5.41, 5.74) is 6.63. The number of nitrogens with zero attached hydrogens (tertiary/aromatic N) is 1. The molecule has 0 amide bonds. The summed E-state index contributed by atoms with van der Waals surface area (Å²) in [7, 11) is 0. The monoisotopic (exact) mass is 375 g/mol. The van der Waals surface area contributed by atoms with E-state index in [-0.39, 0.29) is 5.92 Å². The predicted octanol–water partition coefficient (Wildman–Crippen LogP) is 5.04. The first-order chi connectivity index (χ1) is 12.1. The molecule has 1 aliphatic heterocycles. The maximum atomic E-state index is 11.2. The quantitative estimate of drug-likeness (QED) is 0.768. The molecule has 1 atom stereocenters. The molecule has 0 aromatic carbocycles. The number of thiophene rings is 2. The Morgan fingerprint density at radius 1 is 1.20 bits per heavy atom. The molecule has 25 heavy (non-hydrogen) atoms. The third-order valence-electron chi connectivity index (χ3n) is 4.94. The van der Waals surface area contributed by atoms with Crippen LogP contribution in [0.3, 0.4) is 0 Å². The molecule has 5 heteroatoms. The average molecular weight is 376 g/mol. The Kier molecular flexibility index (Phi) is 6.10. The van der Waals surface area contributed by atoms with Crippen molar-refractivity contribution in [1.82, 2.24) is 4.90 Å². The zero-order valence-electron chi connectivity index (χ0n) is 14.8. The Labute approximate surface area is 157 Å². The first-order valence-electron chi connectivity index (χ1n) is 8.78. The maximum Gasteiger partial charge on any atom is 0.307 e. The maximum absolute atomic E-state index is 11.2. The molecule has 0 spiro atoms. The summed E-state index contributed by atoms with van der Waals surface area (Å²) in [6.07, 6.45) is 5.09. The van der Waals surface area contributed by atoms with Crippen molar-refractivity contribution in [3.8, 4) is 0 Å². The minimum Gasteiger partial charge on any atom is -0.481 e. The fraction of sp³-hybridized carbons (Fsp3) is 0.450. The summed E-state index contributed by atoms with van der Waals surface area (Å²) in [5.74, 6) is -0.848. The molecular formula is C20H25NO2S2. The number of aliphatic carboxylic acids is 1. The number of rotatable bonds is 6. The molecule has 3 rings (SSSR count). The topological polar surface area (TPSA) is 40.5 Å². The van der Waals surface area contributed by atoms with Gasteiger partial charge in [0.15, 0.2) is 0 Å². The second-order valence-corrected chi connectivity index (χ2v) is 8.31. The number of carboxylic acids is 1. The van der Waals surface area contributed by atoms with Gasteiger partial charge in [0.2, 0.25) is 0 Å². The van der Waals surface area contributed by atoms with Crippen LogP contribution >= 0.6 is 22.7 Å². The van der Waals surface area contributed by atoms with E-state index in [1.54, 1.807) is 22.7 Å². The number of likely N-dealkylation sites (tertiary alicyclic amines) is 1. The molecule has 1 unspecified atom stereocenters. The third kappa shape index (κ3) is 4.40. The molecule has 0 bridgehead atoms. The van der Waals surface area contributed by atoms with E-state index in [4.69, 9.17) is 0 Å². The van der Waals surface area contributed by atoms with Crippen LogP contribution in [-0.4, -0.2) is 35.6 Å². The van der Waals surface area contributed by atoms with E-state index in [2.05, 4.69) is 46.3 Å². The fourth-order valence-electron chi connectivity index (χ4n) is 3.49. The zero-order chi connectivity index (χ0) is 17.8. The highest BCUT2D eigenvalue weighted by atomic mass is 32.1. The van der Waals surface area contributed by atoms with Crippen LogP contribution in [0.2, 0.25) is 0 Å². The van der Waals surface area contributed by atoms with Crippen LogP contribution in [0.5, 0.6) is 0 Å². The normalized spacial score (nSPS) is 18.2. The van der Waals surface area contributed by atoms with Crippen LogP contribution in [-0.2, 0) is 4.79 Å². The Hall–Kier alpha value is -1.43. The van der Waals surface area contributed by atoms with Gasteiger partial charge in [0.05, 0.1) is 5.92 Å². The van der Waals surface area contributed by atoms with Gasteiger partial charge in [-0.15, -0.1) is 0 Å². The van der Waals surface area contributed by atoms with Crippen molar-refractivity contribution < 1.29 is 9.90 Å². The van der Waals surface area contributed by atoms with Crippen molar-refractivity contribution in [3.63, 3.8) is 0 Å². The molecule has 1 N–H and O–H groups in total. The van der Waals surface area contributed by atoms with E-state index in [9.17, 15) is 9.90 Å². The number of carboxylic acid groups (broad SMARTS) is 1. The minimum absolute atomic E-state index is 0.199. The summed E-state index contributed by atoms with van der Waals surface area (Å²) in [6, 6.07) is 0. The summed E-state index contributed by atoms with van der Waals surface area (Å²) in [4.78, 5) is 13.5. The third-order valence-corrected chi connectivity index (χ3v) is 6.66. The molecule has 0 saturated carbocycles. The average Bonchev–Trinajstić information content (AvgIpc) is 3.21. The van der Waals surface area contributed by atoms with Crippen LogP contribution in [0.25, 0.3) is 5.57 Å². The van der Waals surface area contributed by atoms with Crippen molar-refractivity contribution in [1.29, 1.82) is 0 Å². The lowest BCUT2D eigenvalue weighted by Crippen LogP contribution is -2.39. The van der Waals surface area contributed by atoms with Gasteiger partial charge in [0, 0.05) is 13.1 Å². The molecule has 1 aliphatic rings. The number of hydrogen-bond donors (Lipinski definition) is 1. The number of hydrogen-bond acceptors (Lipinski definition) is 4. The fourth-order valence-corrected chi connectivity index (χ4v) is 5.19. The molecular weight excluding hydrogens is 350 g/mol. The number of carbonyl (C=O) groups is 1. The lowest BCUT2D eigenvalue weighted by molar-refractivity contribution is -0.143. The van der Waals surface area contributed by atoms with Gasteiger partial charge in [0.1, 0.15) is 0 Å². The summed E-state index contributed by atoms with van der Waals surface area (Å²) in [6.45, 7) is 6.97. The highest BCUT2D eigenvalue weighted by molar-refractivity contribution is 7.08. The van der Waals surface area contributed by atoms with Crippen LogP contribution in [0, 0.1) is 19.8 Å². The predicted molar refractivity (Wildman–Crippen MR) is 107 cm³/mol. The van der Waals surface area contributed by atoms with Crippen LogP contribution in [0.15, 0.2) is 27.6 Å². The van der Waals surface area contributed by atoms with Gasteiger partial charge in [-0.2, -0.15) is 22.7 Å². The van der Waals surface area contributed by atoms with Crippen LogP contribution < -0.4 is 0 Å². The SMILES string of the molecule is Cc1cscc1C(=CCCN1CCCC(C(=O)O)C1)c1cscc1C. The van der Waals surface area contributed by atoms with E-state index < -0.39 is 5.97 Å². The molecule has 134 valence electrons. The van der Waals surface area contributed by atoms with Crippen LogP contribution in [0.1, 0.15) is 41.5 Å². The van der Waals surface area contributed by atoms with E-state index in [0.29, 0.717) is 6.54 Å². The largest absolute Gasteiger partial charge is 0.481 e. The van der Waals surface area contributed by atoms with Gasteiger partial charge < -0.3 is 10.0 Å². The van der Waals surface area contributed by atoms with Gasteiger partial charge in [-0.3, -0.25) is 4.79 Å². The van der Waals surface area contributed by atoms with Crippen LogP contribution in [0.4, 0.5) is 0 Å². The second-order valence-electron chi connectivity index (χ2n) is 6.82. The Bertz CT molecular complexity index is 717. The highest BCUT2D eigenvalue weighted by Crippen LogP contribution is 2.33. The molecule has 3 heterocycles. The summed E-state index contributed by atoms with van der Waals surface area (Å²) in [5, 5.41) is 18.1. The zero-order valence-corrected chi connectivity index (χ0v) is 16.5. The van der Waals surface area contributed by atoms with Crippen molar-refractivity contribution in [2.24, 2.45) is 5.92 Å². The summed E-state index contributed by atoms with van der Waals surface area (Å²) >= 11 is 3.50. The number of aryl methyl sites for hydroxylation is 2. The second kappa shape index (κ2) is 8.30. The first kappa shape index (κ1) is 18.4. The molecule has 3 nitrogen and oxygen atoms in total. The summed E-state index contributed by atoms with van der Waals surface area (Å²) < 4.78 is 0. The van der Waals surface area contributed by atoms with E-state index >= 15 is 0 Å². The smallest absolute Gasteiger partial charge is 0.307 e. The van der Waals surface area contributed by atoms with Crippen molar-refractivity contribution >= 4 is 34.2 Å². The van der Waals surface area contributed by atoms with Gasteiger partial charge in [-0.1, -0.05) is 6.08 Å². The molecule has 1 saturated heterocycles.